The second kappa shape index (κ2) is 10.5. The summed E-state index contributed by atoms with van der Waals surface area (Å²) >= 11 is 0. The topological polar surface area (TPSA) is 95.6 Å². The van der Waals surface area contributed by atoms with Gasteiger partial charge in [-0.3, -0.25) is 24.1 Å². The number of nitrogens with zero attached hydrogens (tertiary/aromatic N) is 1. The Morgan fingerprint density at radius 3 is 2.30 bits per heavy atom. The van der Waals surface area contributed by atoms with Crippen molar-refractivity contribution in [2.75, 3.05) is 13.6 Å². The molecule has 3 unspecified atom stereocenters. The molecule has 1 saturated heterocycles. The molecule has 7 heteroatoms. The molecule has 7 nitrogen and oxygen atoms in total. The summed E-state index contributed by atoms with van der Waals surface area (Å²) in [6.45, 7) is 9.96. The molecule has 0 aromatic heterocycles. The van der Waals surface area contributed by atoms with E-state index >= 15 is 0 Å². The lowest BCUT2D eigenvalue weighted by atomic mass is 9.96. The van der Waals surface area contributed by atoms with Gasteiger partial charge in [0, 0.05) is 18.3 Å². The molecule has 154 valence electrons. The van der Waals surface area contributed by atoms with Gasteiger partial charge in [0.2, 0.25) is 17.7 Å². The van der Waals surface area contributed by atoms with Crippen LogP contribution >= 0.6 is 0 Å². The molecule has 0 bridgehead atoms. The van der Waals surface area contributed by atoms with Gasteiger partial charge in [0.1, 0.15) is 6.04 Å². The van der Waals surface area contributed by atoms with Crippen LogP contribution in [0, 0.1) is 17.8 Å². The SMILES string of the molecule is CCC(C(=O)NC(CCNC)C(=O)C(C)C)N1C(=O)CC(CC(C)C)C1=O. The lowest BCUT2D eigenvalue weighted by Gasteiger charge is -2.27. The zero-order valence-electron chi connectivity index (χ0n) is 17.5. The van der Waals surface area contributed by atoms with E-state index in [4.69, 9.17) is 0 Å². The van der Waals surface area contributed by atoms with Gasteiger partial charge in [-0.25, -0.2) is 0 Å². The third-order valence-corrected chi connectivity index (χ3v) is 4.95. The van der Waals surface area contributed by atoms with Crippen LogP contribution < -0.4 is 10.6 Å². The Bertz CT molecular complexity index is 559. The Balaban J connectivity index is 2.92. The standard InChI is InChI=1S/C20H35N3O4/c1-7-16(23-17(24)11-14(20(23)27)10-12(2)3)19(26)22-15(8-9-21-6)18(25)13(4)5/h12-16,21H,7-11H2,1-6H3,(H,22,26). The molecule has 2 N–H and O–H groups in total. The summed E-state index contributed by atoms with van der Waals surface area (Å²) in [6, 6.07) is -1.49. The molecule has 0 aromatic carbocycles. The van der Waals surface area contributed by atoms with Crippen molar-refractivity contribution >= 4 is 23.5 Å². The van der Waals surface area contributed by atoms with Crippen LogP contribution in [-0.2, 0) is 19.2 Å². The molecule has 3 amide bonds. The van der Waals surface area contributed by atoms with E-state index in [1.165, 1.54) is 0 Å². The van der Waals surface area contributed by atoms with Crippen molar-refractivity contribution in [3.63, 3.8) is 0 Å². The number of likely N-dealkylation sites (tertiary alicyclic amines) is 1. The van der Waals surface area contributed by atoms with Gasteiger partial charge in [-0.2, -0.15) is 0 Å². The molecule has 1 rings (SSSR count). The van der Waals surface area contributed by atoms with Crippen LogP contribution in [0.2, 0.25) is 0 Å². The van der Waals surface area contributed by atoms with Crippen LogP contribution in [0.15, 0.2) is 0 Å². The van der Waals surface area contributed by atoms with Crippen LogP contribution in [0.5, 0.6) is 0 Å². The zero-order chi connectivity index (χ0) is 20.7. The molecule has 0 radical (unpaired) electrons. The summed E-state index contributed by atoms with van der Waals surface area (Å²) in [5.74, 6) is -1.30. The van der Waals surface area contributed by atoms with E-state index in [0.717, 1.165) is 4.90 Å². The number of rotatable bonds is 11. The largest absolute Gasteiger partial charge is 0.344 e. The number of Topliss-reactive ketones (excluding diaryl/α,β-unsaturated/α-hetero) is 1. The quantitative estimate of drug-likeness (QED) is 0.529. The van der Waals surface area contributed by atoms with Gasteiger partial charge < -0.3 is 10.6 Å². The Labute approximate surface area is 162 Å². The minimum Gasteiger partial charge on any atom is -0.344 e. The van der Waals surface area contributed by atoms with E-state index in [1.807, 2.05) is 13.8 Å². The van der Waals surface area contributed by atoms with E-state index in [9.17, 15) is 19.2 Å². The second-order valence-electron chi connectivity index (χ2n) is 8.07. The smallest absolute Gasteiger partial charge is 0.243 e. The van der Waals surface area contributed by atoms with E-state index in [0.29, 0.717) is 31.7 Å². The van der Waals surface area contributed by atoms with Crippen molar-refractivity contribution in [2.45, 2.75) is 72.4 Å². The molecule has 3 atom stereocenters. The summed E-state index contributed by atoms with van der Waals surface area (Å²) in [7, 11) is 1.78. The highest BCUT2D eigenvalue weighted by atomic mass is 16.2. The Morgan fingerprint density at radius 1 is 1.19 bits per heavy atom. The zero-order valence-corrected chi connectivity index (χ0v) is 17.5. The van der Waals surface area contributed by atoms with Crippen LogP contribution in [0.4, 0.5) is 0 Å². The van der Waals surface area contributed by atoms with Gasteiger partial charge in [-0.15, -0.1) is 0 Å². The van der Waals surface area contributed by atoms with E-state index in [-0.39, 0.29) is 35.9 Å². The van der Waals surface area contributed by atoms with Gasteiger partial charge in [0.05, 0.1) is 6.04 Å². The maximum absolute atomic E-state index is 12.9. The number of nitrogens with one attached hydrogen (secondary N) is 2. The maximum atomic E-state index is 12.9. The molecule has 0 spiro atoms. The van der Waals surface area contributed by atoms with Crippen LogP contribution in [-0.4, -0.2) is 54.1 Å². The van der Waals surface area contributed by atoms with Crippen molar-refractivity contribution in [1.82, 2.24) is 15.5 Å². The number of amides is 3. The van der Waals surface area contributed by atoms with Crippen molar-refractivity contribution in [3.8, 4) is 0 Å². The number of hydrogen-bond donors (Lipinski definition) is 2. The van der Waals surface area contributed by atoms with Gasteiger partial charge in [0.15, 0.2) is 5.78 Å². The molecule has 0 saturated carbocycles. The van der Waals surface area contributed by atoms with E-state index < -0.39 is 18.0 Å². The number of ketones is 1. The van der Waals surface area contributed by atoms with Gasteiger partial charge in [-0.1, -0.05) is 34.6 Å². The fourth-order valence-corrected chi connectivity index (χ4v) is 3.53. The first-order chi connectivity index (χ1) is 12.6. The minimum absolute atomic E-state index is 0.0507. The molecule has 27 heavy (non-hydrogen) atoms. The van der Waals surface area contributed by atoms with Crippen molar-refractivity contribution in [1.29, 1.82) is 0 Å². The summed E-state index contributed by atoms with van der Waals surface area (Å²) in [6.07, 6.45) is 1.59. The van der Waals surface area contributed by atoms with Gasteiger partial charge in [-0.05, 0) is 38.8 Å². The number of hydrogen-bond acceptors (Lipinski definition) is 5. The van der Waals surface area contributed by atoms with E-state index in [1.54, 1.807) is 27.8 Å². The highest BCUT2D eigenvalue weighted by Crippen LogP contribution is 2.28. The van der Waals surface area contributed by atoms with Crippen LogP contribution in [0.1, 0.15) is 60.3 Å². The molecule has 0 aliphatic carbocycles. The second-order valence-corrected chi connectivity index (χ2v) is 8.07. The highest BCUT2D eigenvalue weighted by Gasteiger charge is 2.44. The van der Waals surface area contributed by atoms with Crippen molar-refractivity contribution < 1.29 is 19.2 Å². The third kappa shape index (κ3) is 6.13. The lowest BCUT2D eigenvalue weighted by Crippen LogP contribution is -2.54. The maximum Gasteiger partial charge on any atom is 0.243 e. The molecular formula is C20H35N3O4. The molecule has 1 heterocycles. The van der Waals surface area contributed by atoms with Crippen molar-refractivity contribution in [2.24, 2.45) is 17.8 Å². The summed E-state index contributed by atoms with van der Waals surface area (Å²) in [5, 5.41) is 5.76. The Morgan fingerprint density at radius 2 is 1.81 bits per heavy atom. The van der Waals surface area contributed by atoms with E-state index in [2.05, 4.69) is 10.6 Å². The van der Waals surface area contributed by atoms with Crippen molar-refractivity contribution in [3.05, 3.63) is 0 Å². The highest BCUT2D eigenvalue weighted by molar-refractivity contribution is 6.07. The Hall–Kier alpha value is -1.76. The Kier molecular flexibility index (Phi) is 9.09. The average Bonchev–Trinajstić information content (AvgIpc) is 2.85. The normalized spacial score (nSPS) is 19.7. The molecule has 1 fully saturated rings. The summed E-state index contributed by atoms with van der Waals surface area (Å²) in [4.78, 5) is 51.5. The monoisotopic (exact) mass is 381 g/mol. The summed E-state index contributed by atoms with van der Waals surface area (Å²) in [5.41, 5.74) is 0. The number of imide groups is 1. The number of carbonyl (C=O) groups excluding carboxylic acids is 4. The first kappa shape index (κ1) is 23.3. The van der Waals surface area contributed by atoms with Gasteiger partial charge >= 0.3 is 0 Å². The van der Waals surface area contributed by atoms with Gasteiger partial charge in [0.25, 0.3) is 0 Å². The molecule has 1 aliphatic heterocycles. The molecule has 1 aliphatic rings. The molecular weight excluding hydrogens is 346 g/mol. The average molecular weight is 382 g/mol. The molecule has 0 aromatic rings. The summed E-state index contributed by atoms with van der Waals surface area (Å²) < 4.78 is 0. The van der Waals surface area contributed by atoms with Crippen LogP contribution in [0.25, 0.3) is 0 Å². The fraction of sp³-hybridized carbons (Fsp3) is 0.800. The third-order valence-electron chi connectivity index (χ3n) is 4.95. The minimum atomic E-state index is -0.862. The first-order valence-corrected chi connectivity index (χ1v) is 9.98. The number of carbonyl (C=O) groups is 4. The first-order valence-electron chi connectivity index (χ1n) is 9.98. The predicted molar refractivity (Wildman–Crippen MR) is 104 cm³/mol. The fourth-order valence-electron chi connectivity index (χ4n) is 3.53. The van der Waals surface area contributed by atoms with Crippen LogP contribution in [0.3, 0.4) is 0 Å². The lowest BCUT2D eigenvalue weighted by molar-refractivity contribution is -0.148. The predicted octanol–water partition coefficient (Wildman–Crippen LogP) is 1.51.